The first kappa shape index (κ1) is 32.2. The van der Waals surface area contributed by atoms with E-state index in [2.05, 4.69) is 15.4 Å². The number of rotatable bonds is 15. The van der Waals surface area contributed by atoms with Crippen LogP contribution in [0.25, 0.3) is 21.1 Å². The Bertz CT molecular complexity index is 1960. The van der Waals surface area contributed by atoms with E-state index in [1.54, 1.807) is 41.1 Å². The van der Waals surface area contributed by atoms with Crippen molar-refractivity contribution >= 4 is 62.0 Å². The fraction of sp³-hybridized carbons (Fsp3) is 0.312. The number of aliphatic carboxylic acids is 1. The van der Waals surface area contributed by atoms with Gasteiger partial charge < -0.3 is 24.9 Å². The Balaban J connectivity index is 1.28. The first-order valence-corrected chi connectivity index (χ1v) is 15.5. The summed E-state index contributed by atoms with van der Waals surface area (Å²) in [6.45, 7) is 5.13. The minimum atomic E-state index is -1.01. The average Bonchev–Trinajstić information content (AvgIpc) is 3.72. The van der Waals surface area contributed by atoms with Crippen molar-refractivity contribution < 1.29 is 33.8 Å². The van der Waals surface area contributed by atoms with E-state index in [0.717, 1.165) is 21.3 Å². The summed E-state index contributed by atoms with van der Waals surface area (Å²) in [6, 6.07) is 12.1. The Morgan fingerprint density at radius 2 is 1.85 bits per heavy atom. The largest absolute Gasteiger partial charge is 0.493 e. The van der Waals surface area contributed by atoms with Crippen molar-refractivity contribution in [2.24, 2.45) is 5.73 Å². The summed E-state index contributed by atoms with van der Waals surface area (Å²) in [7, 11) is 1.54. The lowest BCUT2D eigenvalue weighted by Gasteiger charge is -2.13. The molecular weight excluding hydrogens is 612 g/mol. The Kier molecular flexibility index (Phi) is 9.66. The van der Waals surface area contributed by atoms with Crippen molar-refractivity contribution in [2.45, 2.75) is 52.6 Å². The highest BCUT2D eigenvalue weighted by Crippen LogP contribution is 2.37. The number of hydrogen-bond donors (Lipinski definition) is 3. The number of methoxy groups -OCH3 is 1. The summed E-state index contributed by atoms with van der Waals surface area (Å²) in [6.07, 6.45) is 1.05. The molecule has 0 aliphatic rings. The molecule has 0 fully saturated rings. The normalized spacial score (nSPS) is 11.2. The van der Waals surface area contributed by atoms with Gasteiger partial charge in [-0.05, 0) is 68.5 Å². The van der Waals surface area contributed by atoms with E-state index in [1.807, 2.05) is 24.5 Å². The first-order valence-electron chi connectivity index (χ1n) is 14.7. The minimum absolute atomic E-state index is 0.0598. The molecule has 0 spiro atoms. The zero-order chi connectivity index (χ0) is 33.0. The molecule has 3 aromatic heterocycles. The third kappa shape index (κ3) is 7.01. The summed E-state index contributed by atoms with van der Waals surface area (Å²) < 4.78 is 15.9. The van der Waals surface area contributed by atoms with Crippen LogP contribution in [0.15, 0.2) is 42.5 Å². The first-order chi connectivity index (χ1) is 22.1. The van der Waals surface area contributed by atoms with Crippen molar-refractivity contribution in [3.8, 4) is 11.5 Å². The summed E-state index contributed by atoms with van der Waals surface area (Å²) >= 11 is 1.29. The van der Waals surface area contributed by atoms with Gasteiger partial charge in [-0.15, -0.1) is 11.3 Å². The molecule has 3 heterocycles. The smallest absolute Gasteiger partial charge is 0.303 e. The van der Waals surface area contributed by atoms with Gasteiger partial charge in [0, 0.05) is 35.8 Å². The zero-order valence-corrected chi connectivity index (χ0v) is 26.5. The second kappa shape index (κ2) is 13.8. The number of ether oxygens (including phenoxy) is 2. The maximum atomic E-state index is 13.2. The quantitative estimate of drug-likeness (QED) is 0.104. The Labute approximate surface area is 267 Å². The molecule has 0 aliphatic carbocycles. The van der Waals surface area contributed by atoms with Crippen molar-refractivity contribution in [2.75, 3.05) is 19.0 Å². The number of thiophene rings is 1. The predicted molar refractivity (Wildman–Crippen MR) is 173 cm³/mol. The van der Waals surface area contributed by atoms with Crippen molar-refractivity contribution in [1.82, 2.24) is 19.3 Å². The highest BCUT2D eigenvalue weighted by molar-refractivity contribution is 7.20. The van der Waals surface area contributed by atoms with Crippen molar-refractivity contribution in [3.05, 3.63) is 64.3 Å². The van der Waals surface area contributed by atoms with E-state index in [1.165, 1.54) is 18.4 Å². The SMILES string of the molecule is CCn1nc(C)cc1C(=O)Nc1nc2cc(C(N)=O)ccc2n1CCCCOc1cc2sc(C(=O)CCC(=O)O)cc2cc1OC. The van der Waals surface area contributed by atoms with Crippen LogP contribution in [0, 0.1) is 6.92 Å². The number of anilines is 1. The molecule has 14 heteroatoms. The van der Waals surface area contributed by atoms with Gasteiger partial charge in [0.1, 0.15) is 5.69 Å². The number of nitrogens with two attached hydrogens (primary N) is 1. The third-order valence-electron chi connectivity index (χ3n) is 7.37. The van der Waals surface area contributed by atoms with Crippen molar-refractivity contribution in [1.29, 1.82) is 0 Å². The highest BCUT2D eigenvalue weighted by atomic mass is 32.1. The zero-order valence-electron chi connectivity index (χ0n) is 25.7. The van der Waals surface area contributed by atoms with Crippen LogP contribution < -0.4 is 20.5 Å². The maximum absolute atomic E-state index is 13.2. The second-order valence-electron chi connectivity index (χ2n) is 10.6. The highest BCUT2D eigenvalue weighted by Gasteiger charge is 2.19. The van der Waals surface area contributed by atoms with Crippen LogP contribution >= 0.6 is 11.3 Å². The van der Waals surface area contributed by atoms with Gasteiger partial charge in [-0.3, -0.25) is 29.2 Å². The molecule has 0 saturated heterocycles. The number of Topliss-reactive ketones (excluding diaryl/α,β-unsaturated/α-hetero) is 1. The standard InChI is InChI=1S/C32H34N6O7S/c1-4-38-23(13-18(2)36-38)31(43)35-32-34-21-14-19(30(33)42)7-8-22(21)37(32)11-5-6-12-45-26-17-27-20(15-25(26)44-3)16-28(46-27)24(39)9-10-29(40)41/h7-8,13-17H,4-6,9-12H2,1-3H3,(H2,33,42)(H,40,41)(H,34,35,43). The molecular formula is C32H34N6O7S. The Morgan fingerprint density at radius 1 is 1.04 bits per heavy atom. The van der Waals surface area contributed by atoms with Crippen LogP contribution in [0.1, 0.15) is 68.8 Å². The average molecular weight is 647 g/mol. The van der Waals surface area contributed by atoms with Gasteiger partial charge in [-0.1, -0.05) is 0 Å². The van der Waals surface area contributed by atoms with Crippen LogP contribution in [-0.4, -0.2) is 61.7 Å². The van der Waals surface area contributed by atoms with E-state index < -0.39 is 11.9 Å². The van der Waals surface area contributed by atoms with Gasteiger partial charge in [-0.25, -0.2) is 4.98 Å². The monoisotopic (exact) mass is 646 g/mol. The summed E-state index contributed by atoms with van der Waals surface area (Å²) in [4.78, 5) is 53.4. The number of aromatic nitrogens is 4. The van der Waals surface area contributed by atoms with Crippen LogP contribution in [0.3, 0.4) is 0 Å². The number of aryl methyl sites for hydroxylation is 3. The number of amides is 2. The molecule has 4 N–H and O–H groups in total. The molecule has 13 nitrogen and oxygen atoms in total. The number of benzene rings is 2. The van der Waals surface area contributed by atoms with Crippen LogP contribution in [0.5, 0.6) is 11.5 Å². The van der Waals surface area contributed by atoms with E-state index >= 15 is 0 Å². The molecule has 0 radical (unpaired) electrons. The molecule has 5 rings (SSSR count). The van der Waals surface area contributed by atoms with E-state index in [9.17, 15) is 19.2 Å². The molecule has 5 aromatic rings. The topological polar surface area (TPSA) is 181 Å². The van der Waals surface area contributed by atoms with Crippen LogP contribution in [0.4, 0.5) is 5.95 Å². The number of primary amides is 1. The summed E-state index contributed by atoms with van der Waals surface area (Å²) in [5.41, 5.74) is 8.20. The predicted octanol–water partition coefficient (Wildman–Crippen LogP) is 5.04. The molecule has 0 bridgehead atoms. The van der Waals surface area contributed by atoms with E-state index in [0.29, 0.717) is 71.6 Å². The summed E-state index contributed by atoms with van der Waals surface area (Å²) in [5.74, 6) is -0.760. The van der Waals surface area contributed by atoms with Gasteiger partial charge in [-0.2, -0.15) is 5.10 Å². The number of unbranched alkanes of at least 4 members (excludes halogenated alkanes) is 1. The lowest BCUT2D eigenvalue weighted by Crippen LogP contribution is -2.20. The molecule has 0 aliphatic heterocycles. The lowest BCUT2D eigenvalue weighted by atomic mass is 10.1. The second-order valence-corrected chi connectivity index (χ2v) is 11.7. The molecule has 0 unspecified atom stereocenters. The molecule has 0 atom stereocenters. The number of carbonyl (C=O) groups is 4. The fourth-order valence-corrected chi connectivity index (χ4v) is 6.13. The fourth-order valence-electron chi connectivity index (χ4n) is 5.09. The third-order valence-corrected chi connectivity index (χ3v) is 8.51. The van der Waals surface area contributed by atoms with Gasteiger partial charge in [0.05, 0.1) is 41.7 Å². The molecule has 46 heavy (non-hydrogen) atoms. The number of nitrogens with one attached hydrogen (secondary N) is 1. The number of carboxylic acids is 1. The van der Waals surface area contributed by atoms with Crippen LogP contribution in [-0.2, 0) is 17.9 Å². The van der Waals surface area contributed by atoms with Gasteiger partial charge >= 0.3 is 5.97 Å². The van der Waals surface area contributed by atoms with Gasteiger partial charge in [0.2, 0.25) is 11.9 Å². The number of carbonyl (C=O) groups excluding carboxylic acids is 3. The number of nitrogens with zero attached hydrogens (tertiary/aromatic N) is 4. The maximum Gasteiger partial charge on any atom is 0.303 e. The molecule has 240 valence electrons. The lowest BCUT2D eigenvalue weighted by molar-refractivity contribution is -0.136. The number of hydrogen-bond acceptors (Lipinski definition) is 9. The number of ketones is 1. The minimum Gasteiger partial charge on any atom is -0.493 e. The Morgan fingerprint density at radius 3 is 2.57 bits per heavy atom. The summed E-state index contributed by atoms with van der Waals surface area (Å²) in [5, 5.41) is 17.0. The number of fused-ring (bicyclic) bond motifs is 2. The van der Waals surface area contributed by atoms with Gasteiger partial charge in [0.15, 0.2) is 17.3 Å². The number of carboxylic acid groups (broad SMARTS) is 1. The van der Waals surface area contributed by atoms with E-state index in [4.69, 9.17) is 20.3 Å². The van der Waals surface area contributed by atoms with E-state index in [-0.39, 0.29) is 24.5 Å². The van der Waals surface area contributed by atoms with Crippen molar-refractivity contribution in [3.63, 3.8) is 0 Å². The number of imidazole rings is 1. The molecule has 2 aromatic carbocycles. The molecule has 0 saturated carbocycles. The van der Waals surface area contributed by atoms with Gasteiger partial charge in [0.25, 0.3) is 5.91 Å². The van der Waals surface area contributed by atoms with Crippen LogP contribution in [0.2, 0.25) is 0 Å². The molecule has 2 amide bonds. The Hall–Kier alpha value is -5.24.